The molecule has 1 aliphatic heterocycles. The summed E-state index contributed by atoms with van der Waals surface area (Å²) < 4.78 is 28.0. The Labute approximate surface area is 183 Å². The Morgan fingerprint density at radius 1 is 1.10 bits per heavy atom. The molecule has 0 atom stereocenters. The normalized spacial score (nSPS) is 14.8. The van der Waals surface area contributed by atoms with Gasteiger partial charge in [-0.05, 0) is 44.0 Å². The highest BCUT2D eigenvalue weighted by atomic mass is 35.5. The van der Waals surface area contributed by atoms with Crippen LogP contribution in [-0.2, 0) is 14.8 Å². The number of pyridine rings is 1. The molecule has 30 heavy (non-hydrogen) atoms. The Kier molecular flexibility index (Phi) is 7.00. The number of piperazine rings is 1. The number of halogens is 1. The van der Waals surface area contributed by atoms with Gasteiger partial charge in [-0.2, -0.15) is 0 Å². The second-order valence-corrected chi connectivity index (χ2v) is 9.72. The molecule has 9 heteroatoms. The number of aryl methyl sites for hydroxylation is 3. The highest BCUT2D eigenvalue weighted by molar-refractivity contribution is 7.89. The summed E-state index contributed by atoms with van der Waals surface area (Å²) in [5.74, 6) is 0.780. The number of carbonyl (C=O) groups is 1. The lowest BCUT2D eigenvalue weighted by molar-refractivity contribution is -0.131. The SMILES string of the molecule is Cc1cc(C)c(S(=O)(=O)NCCC(=O)N2CCN(c3ccc(Cl)cn3)CC2)c(C)c1. The van der Waals surface area contributed by atoms with Gasteiger partial charge in [0.05, 0.1) is 9.92 Å². The van der Waals surface area contributed by atoms with Gasteiger partial charge in [-0.15, -0.1) is 0 Å². The Balaban J connectivity index is 1.51. The molecule has 1 fully saturated rings. The lowest BCUT2D eigenvalue weighted by Gasteiger charge is -2.35. The van der Waals surface area contributed by atoms with Gasteiger partial charge < -0.3 is 9.80 Å². The Bertz CT molecular complexity index is 994. The standard InChI is InChI=1S/C21H27ClN4O3S/c1-15-12-16(2)21(17(3)13-15)30(28,29)24-7-6-20(27)26-10-8-25(9-11-26)19-5-4-18(22)14-23-19/h4-5,12-14,24H,6-11H2,1-3H3. The summed E-state index contributed by atoms with van der Waals surface area (Å²) >= 11 is 5.88. The van der Waals surface area contributed by atoms with Crippen LogP contribution in [0.25, 0.3) is 0 Å². The van der Waals surface area contributed by atoms with Crippen LogP contribution in [-0.4, -0.2) is 56.9 Å². The third kappa shape index (κ3) is 5.30. The molecular weight excluding hydrogens is 424 g/mol. The van der Waals surface area contributed by atoms with E-state index in [1.54, 1.807) is 31.0 Å². The predicted molar refractivity (Wildman–Crippen MR) is 118 cm³/mol. The second kappa shape index (κ2) is 9.32. The molecule has 1 saturated heterocycles. The van der Waals surface area contributed by atoms with Crippen LogP contribution in [0.2, 0.25) is 5.02 Å². The van der Waals surface area contributed by atoms with Gasteiger partial charge >= 0.3 is 0 Å². The molecule has 1 aromatic carbocycles. The first kappa shape index (κ1) is 22.5. The molecule has 0 unspecified atom stereocenters. The van der Waals surface area contributed by atoms with Gasteiger partial charge in [-0.3, -0.25) is 4.79 Å². The number of carbonyl (C=O) groups excluding carboxylic acids is 1. The lowest BCUT2D eigenvalue weighted by atomic mass is 10.1. The average molecular weight is 451 g/mol. The fraction of sp³-hybridized carbons (Fsp3) is 0.429. The number of rotatable bonds is 6. The molecule has 0 spiro atoms. The van der Waals surface area contributed by atoms with Gasteiger partial charge in [0.2, 0.25) is 15.9 Å². The van der Waals surface area contributed by atoms with E-state index in [2.05, 4.69) is 14.6 Å². The highest BCUT2D eigenvalue weighted by Crippen LogP contribution is 2.21. The van der Waals surface area contributed by atoms with Crippen molar-refractivity contribution < 1.29 is 13.2 Å². The van der Waals surface area contributed by atoms with Crippen LogP contribution in [0.3, 0.4) is 0 Å². The summed E-state index contributed by atoms with van der Waals surface area (Å²) in [5.41, 5.74) is 2.43. The number of nitrogens with one attached hydrogen (secondary N) is 1. The molecule has 0 radical (unpaired) electrons. The average Bonchev–Trinajstić information content (AvgIpc) is 2.67. The largest absolute Gasteiger partial charge is 0.353 e. The zero-order valence-corrected chi connectivity index (χ0v) is 19.1. The van der Waals surface area contributed by atoms with E-state index in [1.165, 1.54) is 0 Å². The zero-order valence-electron chi connectivity index (χ0n) is 17.5. The zero-order chi connectivity index (χ0) is 21.9. The van der Waals surface area contributed by atoms with E-state index in [9.17, 15) is 13.2 Å². The first-order valence-corrected chi connectivity index (χ1v) is 11.8. The molecule has 7 nitrogen and oxygen atoms in total. The maximum Gasteiger partial charge on any atom is 0.241 e. The minimum atomic E-state index is -3.66. The van der Waals surface area contributed by atoms with Gasteiger partial charge in [-0.1, -0.05) is 29.3 Å². The van der Waals surface area contributed by atoms with Crippen molar-refractivity contribution in [1.29, 1.82) is 0 Å². The van der Waals surface area contributed by atoms with Crippen LogP contribution in [0.15, 0.2) is 35.4 Å². The van der Waals surface area contributed by atoms with E-state index in [1.807, 2.05) is 25.1 Å². The minimum absolute atomic E-state index is 0.0567. The number of hydrogen-bond acceptors (Lipinski definition) is 5. The summed E-state index contributed by atoms with van der Waals surface area (Å²) in [6.45, 7) is 8.08. The molecule has 0 saturated carbocycles. The van der Waals surface area contributed by atoms with Gasteiger partial charge in [-0.25, -0.2) is 18.1 Å². The number of nitrogens with zero attached hydrogens (tertiary/aromatic N) is 3. The number of hydrogen-bond donors (Lipinski definition) is 1. The molecule has 3 rings (SSSR count). The molecule has 1 amide bonds. The summed E-state index contributed by atoms with van der Waals surface area (Å²) in [6, 6.07) is 7.36. The number of amides is 1. The molecule has 1 aliphatic rings. The van der Waals surface area contributed by atoms with Crippen LogP contribution in [0, 0.1) is 20.8 Å². The van der Waals surface area contributed by atoms with E-state index < -0.39 is 10.0 Å². The fourth-order valence-electron chi connectivity index (χ4n) is 3.85. The first-order chi connectivity index (χ1) is 14.2. The fourth-order valence-corrected chi connectivity index (χ4v) is 5.45. The summed E-state index contributed by atoms with van der Waals surface area (Å²) in [7, 11) is -3.66. The quantitative estimate of drug-likeness (QED) is 0.731. The van der Waals surface area contributed by atoms with Crippen LogP contribution in [0.1, 0.15) is 23.1 Å². The van der Waals surface area contributed by atoms with Gasteiger partial charge in [0, 0.05) is 45.3 Å². The first-order valence-electron chi connectivity index (χ1n) is 9.89. The van der Waals surface area contributed by atoms with Crippen molar-refractivity contribution in [3.8, 4) is 0 Å². The lowest BCUT2D eigenvalue weighted by Crippen LogP contribution is -2.49. The Morgan fingerprint density at radius 2 is 1.73 bits per heavy atom. The van der Waals surface area contributed by atoms with Crippen molar-refractivity contribution in [2.45, 2.75) is 32.1 Å². The van der Waals surface area contributed by atoms with Crippen LogP contribution < -0.4 is 9.62 Å². The number of anilines is 1. The highest BCUT2D eigenvalue weighted by Gasteiger charge is 2.23. The smallest absolute Gasteiger partial charge is 0.241 e. The molecule has 1 aromatic heterocycles. The van der Waals surface area contributed by atoms with Crippen molar-refractivity contribution in [2.75, 3.05) is 37.6 Å². The van der Waals surface area contributed by atoms with Crippen molar-refractivity contribution >= 4 is 33.3 Å². The van der Waals surface area contributed by atoms with Gasteiger partial charge in [0.15, 0.2) is 0 Å². The summed E-state index contributed by atoms with van der Waals surface area (Å²) in [6.07, 6.45) is 1.74. The third-order valence-electron chi connectivity index (χ3n) is 5.17. The van der Waals surface area contributed by atoms with E-state index in [4.69, 9.17) is 11.6 Å². The van der Waals surface area contributed by atoms with Crippen LogP contribution >= 0.6 is 11.6 Å². The van der Waals surface area contributed by atoms with Crippen molar-refractivity contribution in [1.82, 2.24) is 14.6 Å². The van der Waals surface area contributed by atoms with Gasteiger partial charge in [0.1, 0.15) is 5.82 Å². The molecule has 0 bridgehead atoms. The van der Waals surface area contributed by atoms with Crippen LogP contribution in [0.5, 0.6) is 0 Å². The molecule has 2 heterocycles. The number of aromatic nitrogens is 1. The maximum atomic E-state index is 12.7. The van der Waals surface area contributed by atoms with Crippen molar-refractivity contribution in [2.24, 2.45) is 0 Å². The molecule has 0 aliphatic carbocycles. The summed E-state index contributed by atoms with van der Waals surface area (Å²) in [5, 5.41) is 0.589. The molecule has 162 valence electrons. The molecular formula is C21H27ClN4O3S. The van der Waals surface area contributed by atoms with E-state index in [0.717, 1.165) is 11.4 Å². The minimum Gasteiger partial charge on any atom is -0.353 e. The Morgan fingerprint density at radius 3 is 2.30 bits per heavy atom. The molecule has 2 aromatic rings. The second-order valence-electron chi connectivity index (χ2n) is 7.58. The Hall–Kier alpha value is -2.16. The predicted octanol–water partition coefficient (Wildman–Crippen LogP) is 2.68. The monoisotopic (exact) mass is 450 g/mol. The van der Waals surface area contributed by atoms with Gasteiger partial charge in [0.25, 0.3) is 0 Å². The third-order valence-corrected chi connectivity index (χ3v) is 7.16. The van der Waals surface area contributed by atoms with E-state index in [0.29, 0.717) is 47.2 Å². The molecule has 1 N–H and O–H groups in total. The van der Waals surface area contributed by atoms with Crippen molar-refractivity contribution in [3.05, 3.63) is 52.2 Å². The number of benzene rings is 1. The topological polar surface area (TPSA) is 82.6 Å². The van der Waals surface area contributed by atoms with E-state index in [-0.39, 0.29) is 18.9 Å². The van der Waals surface area contributed by atoms with Crippen LogP contribution in [0.4, 0.5) is 5.82 Å². The summed E-state index contributed by atoms with van der Waals surface area (Å²) in [4.78, 5) is 21.0. The number of sulfonamides is 1. The maximum absolute atomic E-state index is 12.7. The van der Waals surface area contributed by atoms with E-state index >= 15 is 0 Å². The van der Waals surface area contributed by atoms with Crippen molar-refractivity contribution in [3.63, 3.8) is 0 Å².